The van der Waals surface area contributed by atoms with Crippen molar-refractivity contribution in [2.45, 2.75) is 72.6 Å². The van der Waals surface area contributed by atoms with Gasteiger partial charge in [0, 0.05) is 17.4 Å². The number of Topliss-reactive ketones (excluding diaryl/α,β-unsaturated/α-hetero) is 1. The van der Waals surface area contributed by atoms with Gasteiger partial charge in [-0.05, 0) is 42.9 Å². The number of rotatable bonds is 6. The Morgan fingerprint density at radius 3 is 2.00 bits per heavy atom. The van der Waals surface area contributed by atoms with Crippen molar-refractivity contribution in [3.05, 3.63) is 95.1 Å². The van der Waals surface area contributed by atoms with Crippen LogP contribution < -0.4 is 0 Å². The highest BCUT2D eigenvalue weighted by Crippen LogP contribution is 2.40. The summed E-state index contributed by atoms with van der Waals surface area (Å²) in [7, 11) is 0. The van der Waals surface area contributed by atoms with Crippen LogP contribution in [0.5, 0.6) is 0 Å². The summed E-state index contributed by atoms with van der Waals surface area (Å²) in [6.07, 6.45) is 2.45. The molecular weight excluding hydrogens is 390 g/mol. The molecule has 0 heterocycles. The molecule has 0 aliphatic heterocycles. The van der Waals surface area contributed by atoms with Crippen molar-refractivity contribution in [3.8, 4) is 6.07 Å². The van der Waals surface area contributed by atoms with Gasteiger partial charge in [-0.2, -0.15) is 5.26 Å². The minimum absolute atomic E-state index is 0.0477. The van der Waals surface area contributed by atoms with Gasteiger partial charge >= 0.3 is 0 Å². The second-order valence-electron chi connectivity index (χ2n) is 7.80. The number of nitriles is 1. The molecule has 0 N–H and O–H groups in total. The molecule has 0 radical (unpaired) electrons. The maximum absolute atomic E-state index is 12.8. The van der Waals surface area contributed by atoms with Gasteiger partial charge in [0.2, 0.25) is 0 Å². The van der Waals surface area contributed by atoms with Gasteiger partial charge in [-0.15, -0.1) is 0 Å². The fourth-order valence-corrected chi connectivity index (χ4v) is 4.17. The number of nitrogens with zero attached hydrogens (tertiary/aromatic N) is 1. The van der Waals surface area contributed by atoms with Gasteiger partial charge < -0.3 is 0 Å². The largest absolute Gasteiger partial charge is 0.294 e. The summed E-state index contributed by atoms with van der Waals surface area (Å²) in [6.45, 7) is 16.3. The van der Waals surface area contributed by atoms with Crippen LogP contribution in [0.1, 0.15) is 83.8 Å². The maximum Gasteiger partial charge on any atom is 0.165 e. The van der Waals surface area contributed by atoms with Crippen LogP contribution in [0.25, 0.3) is 0 Å². The van der Waals surface area contributed by atoms with Crippen molar-refractivity contribution >= 4 is 5.78 Å². The van der Waals surface area contributed by atoms with Crippen molar-refractivity contribution in [1.29, 1.82) is 5.26 Å². The Morgan fingerprint density at radius 1 is 1.00 bits per heavy atom. The first-order valence-electron chi connectivity index (χ1n) is 11.9. The number of benzene rings is 2. The van der Waals surface area contributed by atoms with Crippen LogP contribution in [-0.4, -0.2) is 5.78 Å². The molecule has 2 nitrogen and oxygen atoms in total. The molecule has 0 amide bonds. The molecule has 3 atom stereocenters. The average molecular weight is 430 g/mol. The van der Waals surface area contributed by atoms with Crippen LogP contribution in [-0.2, 0) is 4.79 Å². The standard InChI is InChI=1S/C26H27NO.2C2H6/c1-18-14-15-19(2)26(28)25(18)20(3)16-23(21-10-6-4-7-11-21)24(17-27)22-12-8-5-9-13-22;2*1-2/h4-13,19,23-24H,3,14-16H2,1-2H3;2*1-2H3. The summed E-state index contributed by atoms with van der Waals surface area (Å²) >= 11 is 0. The van der Waals surface area contributed by atoms with Crippen LogP contribution in [0, 0.1) is 17.2 Å². The van der Waals surface area contributed by atoms with Gasteiger partial charge in [0.05, 0.1) is 12.0 Å². The summed E-state index contributed by atoms with van der Waals surface area (Å²) in [5.41, 5.74) is 4.91. The Hall–Kier alpha value is -2.92. The lowest BCUT2D eigenvalue weighted by Crippen LogP contribution is -2.22. The summed E-state index contributed by atoms with van der Waals surface area (Å²) in [5.74, 6) is -0.0934. The molecule has 2 heteroatoms. The van der Waals surface area contributed by atoms with E-state index in [0.29, 0.717) is 6.42 Å². The molecule has 0 saturated carbocycles. The van der Waals surface area contributed by atoms with Gasteiger partial charge in [0.25, 0.3) is 0 Å². The highest BCUT2D eigenvalue weighted by molar-refractivity contribution is 6.02. The quantitative estimate of drug-likeness (QED) is 0.462. The van der Waals surface area contributed by atoms with Crippen LogP contribution in [0.15, 0.2) is 84.0 Å². The summed E-state index contributed by atoms with van der Waals surface area (Å²) in [5, 5.41) is 10.0. The van der Waals surface area contributed by atoms with Gasteiger partial charge in [-0.1, -0.05) is 107 Å². The van der Waals surface area contributed by atoms with E-state index in [4.69, 9.17) is 0 Å². The molecule has 170 valence electrons. The smallest absolute Gasteiger partial charge is 0.165 e. The third-order valence-electron chi connectivity index (χ3n) is 5.82. The average Bonchev–Trinajstić information content (AvgIpc) is 2.85. The lowest BCUT2D eigenvalue weighted by atomic mass is 9.74. The normalized spacial score (nSPS) is 17.0. The fourth-order valence-electron chi connectivity index (χ4n) is 4.17. The summed E-state index contributed by atoms with van der Waals surface area (Å²) in [6, 6.07) is 22.5. The molecule has 2 aromatic rings. The van der Waals surface area contributed by atoms with Gasteiger partial charge in [-0.3, -0.25) is 4.79 Å². The zero-order valence-electron chi connectivity index (χ0n) is 20.7. The number of hydrogen-bond donors (Lipinski definition) is 0. The topological polar surface area (TPSA) is 40.9 Å². The predicted molar refractivity (Wildman–Crippen MR) is 137 cm³/mol. The first kappa shape index (κ1) is 27.1. The number of hydrogen-bond acceptors (Lipinski definition) is 2. The SMILES string of the molecule is C=C(CC(c1ccccc1)C(C#N)c1ccccc1)C1=C(C)CCC(C)C1=O.CC.CC. The van der Waals surface area contributed by atoms with Gasteiger partial charge in [0.15, 0.2) is 5.78 Å². The molecule has 0 fully saturated rings. The third kappa shape index (κ3) is 6.79. The first-order valence-corrected chi connectivity index (χ1v) is 11.9. The maximum atomic E-state index is 12.8. The van der Waals surface area contributed by atoms with E-state index in [1.165, 1.54) is 0 Å². The second kappa shape index (κ2) is 14.2. The van der Waals surface area contributed by atoms with E-state index in [-0.39, 0.29) is 23.5 Å². The van der Waals surface area contributed by atoms with Crippen LogP contribution >= 0.6 is 0 Å². The number of carbonyl (C=O) groups excluding carboxylic acids is 1. The molecule has 1 aliphatic rings. The molecule has 0 spiro atoms. The number of carbonyl (C=O) groups is 1. The highest BCUT2D eigenvalue weighted by Gasteiger charge is 2.30. The highest BCUT2D eigenvalue weighted by atomic mass is 16.1. The van der Waals surface area contributed by atoms with Crippen molar-refractivity contribution in [2.75, 3.05) is 0 Å². The fraction of sp³-hybridized carbons (Fsp3) is 0.400. The molecule has 3 unspecified atom stereocenters. The lowest BCUT2D eigenvalue weighted by Gasteiger charge is -2.28. The zero-order valence-corrected chi connectivity index (χ0v) is 20.7. The van der Waals surface area contributed by atoms with E-state index >= 15 is 0 Å². The predicted octanol–water partition coefficient (Wildman–Crippen LogP) is 8.39. The number of allylic oxidation sites excluding steroid dienone is 3. The molecule has 3 rings (SSSR count). The first-order chi connectivity index (χ1) is 15.5. The minimum Gasteiger partial charge on any atom is -0.294 e. The summed E-state index contributed by atoms with van der Waals surface area (Å²) < 4.78 is 0. The molecule has 2 aromatic carbocycles. The monoisotopic (exact) mass is 429 g/mol. The van der Waals surface area contributed by atoms with Crippen LogP contribution in [0.3, 0.4) is 0 Å². The Morgan fingerprint density at radius 2 is 1.50 bits per heavy atom. The van der Waals surface area contributed by atoms with Crippen LogP contribution in [0.4, 0.5) is 0 Å². The summed E-state index contributed by atoms with van der Waals surface area (Å²) in [4.78, 5) is 12.8. The molecule has 32 heavy (non-hydrogen) atoms. The lowest BCUT2D eigenvalue weighted by molar-refractivity contribution is -0.119. The van der Waals surface area contributed by atoms with Crippen molar-refractivity contribution in [1.82, 2.24) is 0 Å². The van der Waals surface area contributed by atoms with Gasteiger partial charge in [0.1, 0.15) is 0 Å². The van der Waals surface area contributed by atoms with Crippen molar-refractivity contribution in [2.24, 2.45) is 5.92 Å². The molecular formula is C30H39NO. The molecule has 1 aliphatic carbocycles. The zero-order chi connectivity index (χ0) is 24.1. The van der Waals surface area contributed by atoms with E-state index in [0.717, 1.165) is 40.7 Å². The van der Waals surface area contributed by atoms with E-state index in [2.05, 4.69) is 24.8 Å². The molecule has 0 saturated heterocycles. The second-order valence-corrected chi connectivity index (χ2v) is 7.80. The van der Waals surface area contributed by atoms with E-state index < -0.39 is 0 Å². The Balaban J connectivity index is 0.00000121. The van der Waals surface area contributed by atoms with Gasteiger partial charge in [-0.25, -0.2) is 0 Å². The van der Waals surface area contributed by atoms with E-state index in [9.17, 15) is 10.1 Å². The Kier molecular flexibility index (Phi) is 12.0. The molecule has 0 bridgehead atoms. The molecule has 0 aromatic heterocycles. The van der Waals surface area contributed by atoms with Crippen molar-refractivity contribution in [3.63, 3.8) is 0 Å². The van der Waals surface area contributed by atoms with Crippen molar-refractivity contribution < 1.29 is 4.79 Å². The van der Waals surface area contributed by atoms with E-state index in [1.807, 2.05) is 90.1 Å². The number of ketones is 1. The van der Waals surface area contributed by atoms with E-state index in [1.54, 1.807) is 0 Å². The Bertz CT molecular complexity index is 918. The third-order valence-corrected chi connectivity index (χ3v) is 5.82. The Labute approximate surface area is 195 Å². The van der Waals surface area contributed by atoms with Crippen LogP contribution in [0.2, 0.25) is 0 Å². The minimum atomic E-state index is -0.294.